The summed E-state index contributed by atoms with van der Waals surface area (Å²) in [5, 5.41) is 3.08. The number of carbonyl (C=O) groups is 1. The van der Waals surface area contributed by atoms with Crippen LogP contribution in [0.15, 0.2) is 24.3 Å². The van der Waals surface area contributed by atoms with E-state index in [-0.39, 0.29) is 23.8 Å². The Kier molecular flexibility index (Phi) is 5.31. The third kappa shape index (κ3) is 4.25. The molecule has 1 aliphatic carbocycles. The van der Waals surface area contributed by atoms with Gasteiger partial charge in [0.15, 0.2) is 0 Å². The summed E-state index contributed by atoms with van der Waals surface area (Å²) >= 11 is 0. The van der Waals surface area contributed by atoms with E-state index in [4.69, 9.17) is 5.73 Å². The summed E-state index contributed by atoms with van der Waals surface area (Å²) in [6.45, 7) is 0. The molecule has 0 aromatic heterocycles. The molecule has 0 radical (unpaired) electrons. The van der Waals surface area contributed by atoms with E-state index in [1.54, 1.807) is 17.0 Å². The highest BCUT2D eigenvalue weighted by molar-refractivity contribution is 5.83. The maximum atomic E-state index is 13.4. The number of rotatable bonds is 4. The van der Waals surface area contributed by atoms with Gasteiger partial charge in [0.2, 0.25) is 5.91 Å². The maximum absolute atomic E-state index is 13.4. The lowest BCUT2D eigenvalue weighted by molar-refractivity contribution is -0.126. The number of halogens is 1. The lowest BCUT2D eigenvalue weighted by Crippen LogP contribution is -2.45. The van der Waals surface area contributed by atoms with E-state index in [2.05, 4.69) is 5.32 Å². The molecule has 116 valence electrons. The fraction of sp³-hybridized carbons (Fsp3) is 0.562. The van der Waals surface area contributed by atoms with Crippen LogP contribution in [0, 0.1) is 5.82 Å². The molecule has 4 nitrogen and oxygen atoms in total. The van der Waals surface area contributed by atoms with Crippen molar-refractivity contribution < 1.29 is 9.18 Å². The highest BCUT2D eigenvalue weighted by Crippen LogP contribution is 2.22. The minimum absolute atomic E-state index is 0.0777. The molecule has 1 atom stereocenters. The number of nitrogens with one attached hydrogen (secondary N) is 1. The molecular formula is C16H24FN3O. The van der Waals surface area contributed by atoms with Gasteiger partial charge in [0.1, 0.15) is 11.9 Å². The Morgan fingerprint density at radius 2 is 2.00 bits per heavy atom. The van der Waals surface area contributed by atoms with Crippen molar-refractivity contribution in [2.75, 3.05) is 14.1 Å². The van der Waals surface area contributed by atoms with Crippen LogP contribution in [0.3, 0.4) is 0 Å². The molecular weight excluding hydrogens is 269 g/mol. The van der Waals surface area contributed by atoms with Crippen molar-refractivity contribution in [3.63, 3.8) is 0 Å². The number of nitrogens with two attached hydrogens (primary N) is 1. The van der Waals surface area contributed by atoms with Gasteiger partial charge in [-0.15, -0.1) is 0 Å². The van der Waals surface area contributed by atoms with Crippen LogP contribution >= 0.6 is 0 Å². The van der Waals surface area contributed by atoms with Crippen molar-refractivity contribution in [1.82, 2.24) is 10.2 Å². The summed E-state index contributed by atoms with van der Waals surface area (Å²) in [5.74, 6) is -0.401. The van der Waals surface area contributed by atoms with Crippen molar-refractivity contribution in [3.8, 4) is 0 Å². The van der Waals surface area contributed by atoms with E-state index >= 15 is 0 Å². The smallest absolute Gasteiger partial charge is 0.242 e. The Balaban J connectivity index is 2.06. The van der Waals surface area contributed by atoms with Gasteiger partial charge in [0.05, 0.1) is 0 Å². The number of amides is 1. The molecule has 2 rings (SSSR count). The molecule has 1 saturated carbocycles. The van der Waals surface area contributed by atoms with Gasteiger partial charge in [-0.1, -0.05) is 12.1 Å². The van der Waals surface area contributed by atoms with Crippen LogP contribution in [0.2, 0.25) is 0 Å². The largest absolute Gasteiger partial charge is 0.352 e. The Labute approximate surface area is 125 Å². The molecule has 1 aromatic rings. The topological polar surface area (TPSA) is 58.4 Å². The number of carbonyl (C=O) groups excluding carboxylic acids is 1. The quantitative estimate of drug-likeness (QED) is 0.890. The Morgan fingerprint density at radius 1 is 1.33 bits per heavy atom. The molecule has 0 heterocycles. The highest BCUT2D eigenvalue weighted by atomic mass is 19.1. The van der Waals surface area contributed by atoms with Crippen LogP contribution in [0.5, 0.6) is 0 Å². The molecule has 1 unspecified atom stereocenters. The van der Waals surface area contributed by atoms with Crippen LogP contribution in [0.1, 0.15) is 37.3 Å². The summed E-state index contributed by atoms with van der Waals surface area (Å²) in [6.07, 6.45) is 3.71. The molecule has 1 fully saturated rings. The molecule has 0 aliphatic heterocycles. The summed E-state index contributed by atoms with van der Waals surface area (Å²) in [7, 11) is 3.65. The fourth-order valence-corrected chi connectivity index (χ4v) is 2.90. The van der Waals surface area contributed by atoms with E-state index < -0.39 is 6.04 Å². The number of hydrogen-bond acceptors (Lipinski definition) is 3. The third-order valence-corrected chi connectivity index (χ3v) is 4.05. The van der Waals surface area contributed by atoms with E-state index in [1.165, 1.54) is 12.1 Å². The van der Waals surface area contributed by atoms with Crippen molar-refractivity contribution in [2.45, 2.75) is 43.8 Å². The van der Waals surface area contributed by atoms with Crippen LogP contribution in [-0.2, 0) is 4.79 Å². The van der Waals surface area contributed by atoms with Gasteiger partial charge < -0.3 is 11.1 Å². The van der Waals surface area contributed by atoms with E-state index in [1.807, 2.05) is 14.1 Å². The predicted octanol–water partition coefficient (Wildman–Crippen LogP) is 1.81. The Hall–Kier alpha value is -1.46. The first-order chi connectivity index (χ1) is 9.97. The fourth-order valence-electron chi connectivity index (χ4n) is 2.90. The van der Waals surface area contributed by atoms with Crippen LogP contribution in [0.4, 0.5) is 4.39 Å². The van der Waals surface area contributed by atoms with Gasteiger partial charge in [-0.3, -0.25) is 9.69 Å². The van der Waals surface area contributed by atoms with Crippen molar-refractivity contribution in [3.05, 3.63) is 35.6 Å². The van der Waals surface area contributed by atoms with Gasteiger partial charge in [-0.25, -0.2) is 4.39 Å². The summed E-state index contributed by atoms with van der Waals surface area (Å²) in [5.41, 5.74) is 6.55. The number of nitrogens with zero attached hydrogens (tertiary/aromatic N) is 1. The summed E-state index contributed by atoms with van der Waals surface area (Å²) in [6, 6.07) is 6.17. The van der Waals surface area contributed by atoms with Crippen LogP contribution in [-0.4, -0.2) is 37.0 Å². The third-order valence-electron chi connectivity index (χ3n) is 4.05. The molecule has 5 heteroatoms. The van der Waals surface area contributed by atoms with Crippen molar-refractivity contribution in [1.29, 1.82) is 0 Å². The molecule has 1 aliphatic rings. The highest BCUT2D eigenvalue weighted by Gasteiger charge is 2.27. The number of likely N-dealkylation sites (N-methyl/N-ethyl adjacent to an activating group) is 1. The summed E-state index contributed by atoms with van der Waals surface area (Å²) in [4.78, 5) is 14.3. The predicted molar refractivity (Wildman–Crippen MR) is 81.2 cm³/mol. The molecule has 3 N–H and O–H groups in total. The molecule has 0 bridgehead atoms. The SMILES string of the molecule is CN(C)C(C(=O)NC1CCC(N)CC1)c1cccc(F)c1. The van der Waals surface area contributed by atoms with E-state index in [0.717, 1.165) is 25.7 Å². The first kappa shape index (κ1) is 15.9. The lowest BCUT2D eigenvalue weighted by Gasteiger charge is -2.30. The van der Waals surface area contributed by atoms with Gasteiger partial charge >= 0.3 is 0 Å². The number of hydrogen-bond donors (Lipinski definition) is 2. The zero-order valence-electron chi connectivity index (χ0n) is 12.7. The van der Waals surface area contributed by atoms with Gasteiger partial charge in [0, 0.05) is 12.1 Å². The van der Waals surface area contributed by atoms with E-state index in [0.29, 0.717) is 5.56 Å². The zero-order valence-corrected chi connectivity index (χ0v) is 12.7. The second-order valence-electron chi connectivity index (χ2n) is 6.04. The second-order valence-corrected chi connectivity index (χ2v) is 6.04. The summed E-state index contributed by atoms with van der Waals surface area (Å²) < 4.78 is 13.4. The second kappa shape index (κ2) is 7.00. The number of benzene rings is 1. The standard InChI is InChI=1S/C16H24FN3O/c1-20(2)15(11-4-3-5-12(17)10-11)16(21)19-14-8-6-13(18)7-9-14/h3-5,10,13-15H,6-9,18H2,1-2H3,(H,19,21). The van der Waals surface area contributed by atoms with E-state index in [9.17, 15) is 9.18 Å². The average molecular weight is 293 g/mol. The Morgan fingerprint density at radius 3 is 2.57 bits per heavy atom. The molecule has 21 heavy (non-hydrogen) atoms. The van der Waals surface area contributed by atoms with Crippen molar-refractivity contribution >= 4 is 5.91 Å². The molecule has 0 saturated heterocycles. The lowest BCUT2D eigenvalue weighted by atomic mass is 9.91. The molecule has 0 spiro atoms. The van der Waals surface area contributed by atoms with Crippen molar-refractivity contribution in [2.24, 2.45) is 5.73 Å². The first-order valence-corrected chi connectivity index (χ1v) is 7.45. The van der Waals surface area contributed by atoms with Gasteiger partial charge in [-0.2, -0.15) is 0 Å². The van der Waals surface area contributed by atoms with Gasteiger partial charge in [0.25, 0.3) is 0 Å². The first-order valence-electron chi connectivity index (χ1n) is 7.45. The monoisotopic (exact) mass is 293 g/mol. The minimum atomic E-state index is -0.476. The molecule has 1 aromatic carbocycles. The van der Waals surface area contributed by atoms with Crippen LogP contribution in [0.25, 0.3) is 0 Å². The minimum Gasteiger partial charge on any atom is -0.352 e. The normalized spacial score (nSPS) is 23.9. The maximum Gasteiger partial charge on any atom is 0.242 e. The Bertz CT molecular complexity index is 484. The van der Waals surface area contributed by atoms with Crippen LogP contribution < -0.4 is 11.1 Å². The van der Waals surface area contributed by atoms with Gasteiger partial charge in [-0.05, 0) is 57.5 Å². The zero-order chi connectivity index (χ0) is 15.4. The molecule has 1 amide bonds. The average Bonchev–Trinajstić information content (AvgIpc) is 2.41.